The summed E-state index contributed by atoms with van der Waals surface area (Å²) >= 11 is 0. The lowest BCUT2D eigenvalue weighted by atomic mass is 10.1. The maximum Gasteiger partial charge on any atom is 0.342 e. The van der Waals surface area contributed by atoms with Crippen LogP contribution in [0.25, 0.3) is 0 Å². The lowest BCUT2D eigenvalue weighted by Crippen LogP contribution is -3.00. The van der Waals surface area contributed by atoms with E-state index in [0.717, 1.165) is 55.6 Å². The zero-order valence-corrected chi connectivity index (χ0v) is 34.9. The second kappa shape index (κ2) is 29.1. The SMILES string of the molecule is O=C([NH2+]CCc1ccccc1)c1ccccc1.O=C([NH2+]CCc1ccccc1)c1ccccc1.O=C([NH2+]CCc1ccccc1)c1ccccc1.[Br-].[Br-].[Br-]. The molecule has 0 spiro atoms. The molecule has 0 bridgehead atoms. The standard InChI is InChI=1S/3C15H15NO.3BrH/c3*17-15(14-9-5-2-6-10-14)16-12-11-13-7-3-1-4-8-13;;;/h3*1-10H,11-12H2,(H,16,17);3*1H. The molecule has 0 aromatic heterocycles. The molecule has 0 heterocycles. The van der Waals surface area contributed by atoms with Gasteiger partial charge in [-0.25, -0.2) is 14.4 Å². The highest BCUT2D eigenvalue weighted by Gasteiger charge is 2.10. The van der Waals surface area contributed by atoms with Gasteiger partial charge in [0.25, 0.3) is 0 Å². The summed E-state index contributed by atoms with van der Waals surface area (Å²) in [5, 5.41) is 5.30. The van der Waals surface area contributed by atoms with E-state index < -0.39 is 0 Å². The van der Waals surface area contributed by atoms with Crippen molar-refractivity contribution in [1.29, 1.82) is 0 Å². The molecule has 6 rings (SSSR count). The predicted octanol–water partition coefficient (Wildman–Crippen LogP) is -4.09. The average Bonchev–Trinajstić information content (AvgIpc) is 3.20. The predicted molar refractivity (Wildman–Crippen MR) is 203 cm³/mol. The van der Waals surface area contributed by atoms with Gasteiger partial charge in [0.05, 0.1) is 36.3 Å². The van der Waals surface area contributed by atoms with Crippen LogP contribution in [-0.4, -0.2) is 37.4 Å². The van der Waals surface area contributed by atoms with Gasteiger partial charge in [0.2, 0.25) is 0 Å². The van der Waals surface area contributed by atoms with E-state index in [-0.39, 0.29) is 68.7 Å². The lowest BCUT2D eigenvalue weighted by molar-refractivity contribution is -0.554. The second-order valence-electron chi connectivity index (χ2n) is 11.9. The van der Waals surface area contributed by atoms with Crippen LogP contribution < -0.4 is 66.9 Å². The molecule has 6 aromatic rings. The average molecular weight is 919 g/mol. The van der Waals surface area contributed by atoms with Crippen LogP contribution in [0.15, 0.2) is 182 Å². The highest BCUT2D eigenvalue weighted by Crippen LogP contribution is 2.01. The summed E-state index contributed by atoms with van der Waals surface area (Å²) in [6.07, 6.45) is 2.75. The fourth-order valence-corrected chi connectivity index (χ4v) is 5.20. The van der Waals surface area contributed by atoms with E-state index in [4.69, 9.17) is 0 Å². The minimum atomic E-state index is 0. The largest absolute Gasteiger partial charge is 1.00 e. The maximum atomic E-state index is 11.8. The first-order valence-electron chi connectivity index (χ1n) is 17.5. The summed E-state index contributed by atoms with van der Waals surface area (Å²) < 4.78 is 0. The molecule has 3 amide bonds. The summed E-state index contributed by atoms with van der Waals surface area (Å²) in [5.41, 5.74) is 6.10. The number of halogens is 3. The van der Waals surface area contributed by atoms with E-state index >= 15 is 0 Å². The van der Waals surface area contributed by atoms with Crippen LogP contribution in [0.5, 0.6) is 0 Å². The van der Waals surface area contributed by atoms with Crippen molar-refractivity contribution < 1.29 is 81.3 Å². The molecule has 0 radical (unpaired) electrons. The Morgan fingerprint density at radius 3 is 0.685 bits per heavy atom. The van der Waals surface area contributed by atoms with Crippen molar-refractivity contribution in [2.75, 3.05) is 19.6 Å². The van der Waals surface area contributed by atoms with Crippen LogP contribution in [0, 0.1) is 0 Å². The van der Waals surface area contributed by atoms with Crippen molar-refractivity contribution in [3.63, 3.8) is 0 Å². The minimum Gasteiger partial charge on any atom is -1.00 e. The monoisotopic (exact) mass is 915 g/mol. The van der Waals surface area contributed by atoms with Gasteiger partial charge in [-0.05, 0) is 53.1 Å². The summed E-state index contributed by atoms with van der Waals surface area (Å²) in [4.78, 5) is 35.3. The normalized spacial score (nSPS) is 9.56. The first-order valence-corrected chi connectivity index (χ1v) is 17.5. The Morgan fingerprint density at radius 2 is 0.481 bits per heavy atom. The van der Waals surface area contributed by atoms with Gasteiger partial charge in [-0.1, -0.05) is 146 Å². The van der Waals surface area contributed by atoms with Crippen molar-refractivity contribution in [2.45, 2.75) is 19.3 Å². The van der Waals surface area contributed by atoms with Gasteiger partial charge in [0.1, 0.15) is 0 Å². The molecule has 0 fully saturated rings. The lowest BCUT2D eigenvalue weighted by Gasteiger charge is -2.00. The molecular formula is C45H48Br3N3O3. The van der Waals surface area contributed by atoms with Gasteiger partial charge in [0.15, 0.2) is 0 Å². The minimum absolute atomic E-state index is 0. The molecule has 6 nitrogen and oxygen atoms in total. The van der Waals surface area contributed by atoms with Crippen molar-refractivity contribution in [3.8, 4) is 0 Å². The van der Waals surface area contributed by atoms with Crippen LogP contribution in [0.3, 0.4) is 0 Å². The van der Waals surface area contributed by atoms with E-state index in [0.29, 0.717) is 0 Å². The number of hydrogen-bond donors (Lipinski definition) is 3. The van der Waals surface area contributed by atoms with E-state index in [1.807, 2.05) is 146 Å². The maximum absolute atomic E-state index is 11.8. The number of hydrogen-bond acceptors (Lipinski definition) is 3. The summed E-state index contributed by atoms with van der Waals surface area (Å²) in [7, 11) is 0. The van der Waals surface area contributed by atoms with Crippen molar-refractivity contribution in [2.24, 2.45) is 0 Å². The molecule has 0 saturated heterocycles. The van der Waals surface area contributed by atoms with Crippen molar-refractivity contribution in [3.05, 3.63) is 215 Å². The van der Waals surface area contributed by atoms with Gasteiger partial charge in [-0.2, -0.15) is 0 Å². The number of benzene rings is 6. The second-order valence-corrected chi connectivity index (χ2v) is 11.9. The Kier molecular flexibility index (Phi) is 25.7. The van der Waals surface area contributed by atoms with Gasteiger partial charge >= 0.3 is 17.7 Å². The first kappa shape index (κ1) is 47.7. The Morgan fingerprint density at radius 1 is 0.296 bits per heavy atom. The zero-order chi connectivity index (χ0) is 35.8. The summed E-state index contributed by atoms with van der Waals surface area (Å²) in [6, 6.07) is 58.8. The first-order chi connectivity index (χ1) is 25.1. The van der Waals surface area contributed by atoms with Crippen LogP contribution in [0.2, 0.25) is 0 Å². The Balaban J connectivity index is 0.000000394. The third-order valence-electron chi connectivity index (χ3n) is 7.99. The molecular weight excluding hydrogens is 870 g/mol. The molecule has 0 atom stereocenters. The quantitative estimate of drug-likeness (QED) is 0.117. The molecule has 0 unspecified atom stereocenters. The smallest absolute Gasteiger partial charge is 0.342 e. The molecule has 282 valence electrons. The Labute approximate surface area is 351 Å². The molecule has 6 aromatic carbocycles. The van der Waals surface area contributed by atoms with Gasteiger partial charge in [-0.3, -0.25) is 16.0 Å². The summed E-state index contributed by atoms with van der Waals surface area (Å²) in [6.45, 7) is 2.37. The highest BCUT2D eigenvalue weighted by molar-refractivity contribution is 5.87. The number of rotatable bonds is 12. The fourth-order valence-electron chi connectivity index (χ4n) is 5.20. The van der Waals surface area contributed by atoms with Crippen molar-refractivity contribution in [1.82, 2.24) is 0 Å². The highest BCUT2D eigenvalue weighted by atomic mass is 79.9. The van der Waals surface area contributed by atoms with E-state index in [1.165, 1.54) is 16.7 Å². The third kappa shape index (κ3) is 19.1. The number of quaternary nitrogens is 3. The molecule has 6 N–H and O–H groups in total. The molecule has 54 heavy (non-hydrogen) atoms. The van der Waals surface area contributed by atoms with Crippen LogP contribution in [-0.2, 0) is 19.3 Å². The molecule has 9 heteroatoms. The summed E-state index contributed by atoms with van der Waals surface area (Å²) in [5.74, 6) is 0.338. The van der Waals surface area contributed by atoms with Gasteiger partial charge in [0, 0.05) is 19.3 Å². The van der Waals surface area contributed by atoms with Crippen LogP contribution in [0.1, 0.15) is 47.8 Å². The molecule has 0 aliphatic rings. The number of primary amides is 3. The number of carbonyl (C=O) groups is 3. The molecule has 0 aliphatic carbocycles. The van der Waals surface area contributed by atoms with E-state index in [2.05, 4.69) is 36.4 Å². The topological polar surface area (TPSA) is 101 Å². The Hall–Kier alpha value is -4.35. The number of carbonyl (C=O) groups excluding carboxylic acids is 3. The van der Waals surface area contributed by atoms with Gasteiger partial charge < -0.3 is 50.9 Å². The molecule has 0 saturated carbocycles. The van der Waals surface area contributed by atoms with Crippen molar-refractivity contribution >= 4 is 17.7 Å². The third-order valence-corrected chi connectivity index (χ3v) is 7.99. The van der Waals surface area contributed by atoms with Crippen LogP contribution in [0.4, 0.5) is 0 Å². The van der Waals surface area contributed by atoms with E-state index in [9.17, 15) is 14.4 Å². The molecule has 0 aliphatic heterocycles. The van der Waals surface area contributed by atoms with E-state index in [1.54, 1.807) is 16.0 Å². The van der Waals surface area contributed by atoms with Crippen LogP contribution >= 0.6 is 0 Å². The fraction of sp³-hybridized carbons (Fsp3) is 0.133. The Bertz CT molecular complexity index is 1630. The van der Waals surface area contributed by atoms with Gasteiger partial charge in [-0.15, -0.1) is 0 Å². The number of amides is 3. The zero-order valence-electron chi connectivity index (χ0n) is 30.2. The number of nitrogens with two attached hydrogens (primary N) is 3.